The van der Waals surface area contributed by atoms with E-state index in [1.807, 2.05) is 6.07 Å². The molecule has 0 aliphatic carbocycles. The van der Waals surface area contributed by atoms with E-state index in [1.54, 1.807) is 12.1 Å². The van der Waals surface area contributed by atoms with Gasteiger partial charge in [0, 0.05) is 6.54 Å². The quantitative estimate of drug-likeness (QED) is 0.769. The van der Waals surface area contributed by atoms with Crippen LogP contribution in [0.2, 0.25) is 0 Å². The minimum atomic E-state index is -3.41. The van der Waals surface area contributed by atoms with Crippen molar-refractivity contribution in [2.75, 3.05) is 6.54 Å². The normalized spacial score (nSPS) is 11.1. The van der Waals surface area contributed by atoms with Gasteiger partial charge in [-0.15, -0.1) is 0 Å². The van der Waals surface area contributed by atoms with Gasteiger partial charge in [-0.2, -0.15) is 5.26 Å². The Balaban J connectivity index is 2.64. The largest absolute Gasteiger partial charge is 0.240 e. The van der Waals surface area contributed by atoms with Crippen molar-refractivity contribution in [3.8, 4) is 6.07 Å². The molecule has 0 amide bonds. The fourth-order valence-corrected chi connectivity index (χ4v) is 2.62. The summed E-state index contributed by atoms with van der Waals surface area (Å²) in [6.45, 7) is 2.54. The topological polar surface area (TPSA) is 70.0 Å². The highest BCUT2D eigenvalue weighted by atomic mass is 32.2. The van der Waals surface area contributed by atoms with Crippen LogP contribution in [0.25, 0.3) is 0 Å². The van der Waals surface area contributed by atoms with Crippen molar-refractivity contribution >= 4 is 10.0 Å². The molecule has 0 fully saturated rings. The third kappa shape index (κ3) is 4.47. The van der Waals surface area contributed by atoms with Gasteiger partial charge in [0.05, 0.1) is 17.4 Å². The minimum Gasteiger partial charge on any atom is -0.211 e. The Hall–Kier alpha value is -1.38. The number of nitriles is 1. The van der Waals surface area contributed by atoms with Crippen LogP contribution in [-0.4, -0.2) is 15.0 Å². The number of unbranched alkanes of at least 4 members (excludes halogenated alkanes) is 2. The summed E-state index contributed by atoms with van der Waals surface area (Å²) in [5.74, 6) is 0. The molecule has 0 radical (unpaired) electrons. The number of nitrogens with one attached hydrogen (secondary N) is 1. The molecule has 0 saturated carbocycles. The molecule has 0 aromatic heterocycles. The van der Waals surface area contributed by atoms with Gasteiger partial charge in [0.15, 0.2) is 0 Å². The summed E-state index contributed by atoms with van der Waals surface area (Å²) in [4.78, 5) is 0.251. The van der Waals surface area contributed by atoms with E-state index in [4.69, 9.17) is 5.26 Å². The van der Waals surface area contributed by atoms with Gasteiger partial charge in [-0.3, -0.25) is 0 Å². The van der Waals surface area contributed by atoms with Gasteiger partial charge in [-0.25, -0.2) is 13.1 Å². The Labute approximate surface area is 109 Å². The van der Waals surface area contributed by atoms with Crippen LogP contribution in [0.3, 0.4) is 0 Å². The van der Waals surface area contributed by atoms with Crippen LogP contribution >= 0.6 is 0 Å². The molecule has 0 spiro atoms. The molecule has 0 atom stereocenters. The van der Waals surface area contributed by atoms with Gasteiger partial charge in [-0.1, -0.05) is 31.9 Å². The summed E-state index contributed by atoms with van der Waals surface area (Å²) >= 11 is 0. The van der Waals surface area contributed by atoms with Gasteiger partial charge < -0.3 is 0 Å². The monoisotopic (exact) mass is 266 g/mol. The summed E-state index contributed by atoms with van der Waals surface area (Å²) in [6, 6.07) is 8.44. The predicted octanol–water partition coefficient (Wildman–Crippen LogP) is 2.22. The molecule has 1 aromatic carbocycles. The lowest BCUT2D eigenvalue weighted by Crippen LogP contribution is -2.24. The molecule has 1 N–H and O–H groups in total. The lowest BCUT2D eigenvalue weighted by atomic mass is 10.2. The van der Waals surface area contributed by atoms with Gasteiger partial charge in [-0.05, 0) is 24.1 Å². The Morgan fingerprint density at radius 1 is 1.22 bits per heavy atom. The molecular weight excluding hydrogens is 248 g/mol. The molecular formula is C13H18N2O2S. The van der Waals surface area contributed by atoms with Gasteiger partial charge in [0.2, 0.25) is 10.0 Å². The van der Waals surface area contributed by atoms with E-state index >= 15 is 0 Å². The first kappa shape index (κ1) is 14.7. The summed E-state index contributed by atoms with van der Waals surface area (Å²) in [5.41, 5.74) is 0.822. The molecule has 18 heavy (non-hydrogen) atoms. The second-order valence-electron chi connectivity index (χ2n) is 4.08. The summed E-state index contributed by atoms with van der Waals surface area (Å²) in [6.07, 6.45) is 3.22. The predicted molar refractivity (Wildman–Crippen MR) is 70.5 cm³/mol. The Bertz CT molecular complexity index is 501. The van der Waals surface area contributed by atoms with Gasteiger partial charge in [0.25, 0.3) is 0 Å². The standard InChI is InChI=1S/C13H18N2O2S/c1-2-3-4-11-15-18(16,17)13-7-5-12(6-8-13)9-10-14/h5-8,15H,2-4,9,11H2,1H3. The second kappa shape index (κ2) is 7.14. The highest BCUT2D eigenvalue weighted by molar-refractivity contribution is 7.89. The number of rotatable bonds is 7. The molecule has 4 nitrogen and oxygen atoms in total. The Morgan fingerprint density at radius 2 is 1.89 bits per heavy atom. The first-order chi connectivity index (χ1) is 8.60. The third-order valence-electron chi connectivity index (χ3n) is 2.59. The van der Waals surface area contributed by atoms with Crippen LogP contribution in [0.15, 0.2) is 29.2 Å². The number of hydrogen-bond donors (Lipinski definition) is 1. The van der Waals surface area contributed by atoms with Crippen molar-refractivity contribution < 1.29 is 8.42 Å². The van der Waals surface area contributed by atoms with Crippen LogP contribution < -0.4 is 4.72 Å². The van der Waals surface area contributed by atoms with Crippen molar-refractivity contribution in [1.29, 1.82) is 5.26 Å². The fraction of sp³-hybridized carbons (Fsp3) is 0.462. The maximum Gasteiger partial charge on any atom is 0.240 e. The van der Waals surface area contributed by atoms with E-state index in [1.165, 1.54) is 12.1 Å². The molecule has 0 unspecified atom stereocenters. The summed E-state index contributed by atoms with van der Waals surface area (Å²) < 4.78 is 26.3. The first-order valence-electron chi connectivity index (χ1n) is 6.05. The van der Waals surface area contributed by atoms with E-state index in [0.717, 1.165) is 24.8 Å². The minimum absolute atomic E-state index is 0.251. The average Bonchev–Trinajstić information content (AvgIpc) is 2.36. The van der Waals surface area contributed by atoms with Crippen molar-refractivity contribution in [3.05, 3.63) is 29.8 Å². The van der Waals surface area contributed by atoms with Crippen LogP contribution in [0.1, 0.15) is 31.7 Å². The third-order valence-corrected chi connectivity index (χ3v) is 4.07. The van der Waals surface area contributed by atoms with E-state index < -0.39 is 10.0 Å². The van der Waals surface area contributed by atoms with Crippen LogP contribution in [0.4, 0.5) is 0 Å². The molecule has 1 rings (SSSR count). The van der Waals surface area contributed by atoms with E-state index in [-0.39, 0.29) is 4.90 Å². The molecule has 0 saturated heterocycles. The molecule has 0 bridgehead atoms. The smallest absolute Gasteiger partial charge is 0.211 e. The van der Waals surface area contributed by atoms with Crippen molar-refractivity contribution in [1.82, 2.24) is 4.72 Å². The first-order valence-corrected chi connectivity index (χ1v) is 7.54. The number of sulfonamides is 1. The highest BCUT2D eigenvalue weighted by Gasteiger charge is 2.12. The zero-order chi connectivity index (χ0) is 13.4. The molecule has 0 heterocycles. The molecule has 0 aliphatic rings. The number of benzene rings is 1. The van der Waals surface area contributed by atoms with Crippen molar-refractivity contribution in [2.45, 2.75) is 37.5 Å². The van der Waals surface area contributed by atoms with Crippen molar-refractivity contribution in [3.63, 3.8) is 0 Å². The maximum atomic E-state index is 11.9. The van der Waals surface area contributed by atoms with Crippen LogP contribution in [-0.2, 0) is 16.4 Å². The SMILES string of the molecule is CCCCCNS(=O)(=O)c1ccc(CC#N)cc1. The maximum absolute atomic E-state index is 11.9. The summed E-state index contributed by atoms with van der Waals surface area (Å²) in [5, 5.41) is 8.53. The number of hydrogen-bond acceptors (Lipinski definition) is 3. The van der Waals surface area contributed by atoms with Crippen LogP contribution in [0, 0.1) is 11.3 Å². The molecule has 0 aliphatic heterocycles. The van der Waals surface area contributed by atoms with Crippen molar-refractivity contribution in [2.24, 2.45) is 0 Å². The lowest BCUT2D eigenvalue weighted by molar-refractivity contribution is 0.576. The van der Waals surface area contributed by atoms with Gasteiger partial charge >= 0.3 is 0 Å². The molecule has 1 aromatic rings. The van der Waals surface area contributed by atoms with E-state index in [0.29, 0.717) is 13.0 Å². The Morgan fingerprint density at radius 3 is 2.44 bits per heavy atom. The zero-order valence-electron chi connectivity index (χ0n) is 10.5. The zero-order valence-corrected chi connectivity index (χ0v) is 11.3. The molecule has 98 valence electrons. The second-order valence-corrected chi connectivity index (χ2v) is 5.85. The fourth-order valence-electron chi connectivity index (χ4n) is 1.54. The lowest BCUT2D eigenvalue weighted by Gasteiger charge is -2.06. The highest BCUT2D eigenvalue weighted by Crippen LogP contribution is 2.11. The van der Waals surface area contributed by atoms with E-state index in [9.17, 15) is 8.42 Å². The Kier molecular flexibility index (Phi) is 5.83. The average molecular weight is 266 g/mol. The molecule has 5 heteroatoms. The van der Waals surface area contributed by atoms with E-state index in [2.05, 4.69) is 11.6 Å². The summed E-state index contributed by atoms with van der Waals surface area (Å²) in [7, 11) is -3.41. The van der Waals surface area contributed by atoms with Gasteiger partial charge in [0.1, 0.15) is 0 Å². The van der Waals surface area contributed by atoms with Crippen LogP contribution in [0.5, 0.6) is 0 Å². The number of nitrogens with zero attached hydrogens (tertiary/aromatic N) is 1.